The first-order valence-electron chi connectivity index (χ1n) is 13.1. The Balaban J connectivity index is 1.65. The van der Waals surface area contributed by atoms with Gasteiger partial charge in [0.1, 0.15) is 5.75 Å². The first kappa shape index (κ1) is 29.1. The quantitative estimate of drug-likeness (QED) is 0.215. The van der Waals surface area contributed by atoms with Crippen LogP contribution < -0.4 is 19.7 Å². The van der Waals surface area contributed by atoms with Gasteiger partial charge in [-0.2, -0.15) is 0 Å². The van der Waals surface area contributed by atoms with Gasteiger partial charge in [0.15, 0.2) is 5.11 Å². The number of nitrogens with zero attached hydrogens (tertiary/aromatic N) is 3. The number of aryl methyl sites for hydroxylation is 1. The number of hydrogen-bond donors (Lipinski definition) is 2. The highest BCUT2D eigenvalue weighted by atomic mass is 32.2. The molecule has 1 aliphatic rings. The van der Waals surface area contributed by atoms with Crippen molar-refractivity contribution < 1.29 is 22.7 Å². The summed E-state index contributed by atoms with van der Waals surface area (Å²) in [4.78, 5) is 18.6. The fourth-order valence-electron chi connectivity index (χ4n) is 5.42. The van der Waals surface area contributed by atoms with Gasteiger partial charge in [0, 0.05) is 29.0 Å². The molecule has 0 amide bonds. The normalized spacial score (nSPS) is 16.7. The Hall–Kier alpha value is -4.42. The van der Waals surface area contributed by atoms with Crippen molar-refractivity contribution in [1.82, 2.24) is 14.9 Å². The molecule has 2 aromatic carbocycles. The summed E-state index contributed by atoms with van der Waals surface area (Å²) in [6, 6.07) is 19.7. The number of aromatic nitrogens is 2. The highest BCUT2D eigenvalue weighted by molar-refractivity contribution is 7.92. The lowest BCUT2D eigenvalue weighted by atomic mass is 9.96. The number of methoxy groups -OCH3 is 2. The molecule has 2 atom stereocenters. The molecule has 0 saturated carbocycles. The van der Waals surface area contributed by atoms with Crippen molar-refractivity contribution >= 4 is 44.7 Å². The van der Waals surface area contributed by atoms with Gasteiger partial charge in [0.05, 0.1) is 49.5 Å². The van der Waals surface area contributed by atoms with Crippen LogP contribution in [0.25, 0.3) is 5.69 Å². The van der Waals surface area contributed by atoms with E-state index in [0.29, 0.717) is 27.8 Å². The van der Waals surface area contributed by atoms with Gasteiger partial charge in [-0.1, -0.05) is 6.07 Å². The maximum atomic E-state index is 12.1. The van der Waals surface area contributed by atoms with E-state index in [1.165, 1.54) is 14.2 Å². The van der Waals surface area contributed by atoms with Crippen LogP contribution in [-0.4, -0.2) is 49.5 Å². The predicted molar refractivity (Wildman–Crippen MR) is 166 cm³/mol. The van der Waals surface area contributed by atoms with E-state index in [1.807, 2.05) is 55.1 Å². The van der Waals surface area contributed by atoms with E-state index < -0.39 is 16.0 Å². The third-order valence-electron chi connectivity index (χ3n) is 7.19. The van der Waals surface area contributed by atoms with Gasteiger partial charge in [0.25, 0.3) is 0 Å². The van der Waals surface area contributed by atoms with Crippen molar-refractivity contribution in [1.29, 1.82) is 0 Å². The van der Waals surface area contributed by atoms with E-state index in [2.05, 4.69) is 25.7 Å². The Kier molecular flexibility index (Phi) is 7.93. The fourth-order valence-corrected chi connectivity index (χ4v) is 6.33. The monoisotopic (exact) mass is 605 g/mol. The van der Waals surface area contributed by atoms with Crippen LogP contribution in [0.4, 0.5) is 11.4 Å². The third-order valence-corrected chi connectivity index (χ3v) is 8.10. The lowest BCUT2D eigenvalue weighted by Gasteiger charge is -2.29. The van der Waals surface area contributed by atoms with Crippen LogP contribution in [0.5, 0.6) is 5.75 Å². The number of anilines is 2. The van der Waals surface area contributed by atoms with Crippen LogP contribution in [0.1, 0.15) is 45.1 Å². The van der Waals surface area contributed by atoms with Crippen molar-refractivity contribution in [2.75, 3.05) is 30.1 Å². The van der Waals surface area contributed by atoms with Crippen LogP contribution in [0.2, 0.25) is 0 Å². The second-order valence-electron chi connectivity index (χ2n) is 9.96. The van der Waals surface area contributed by atoms with Crippen molar-refractivity contribution in [3.8, 4) is 11.4 Å². The summed E-state index contributed by atoms with van der Waals surface area (Å²) < 4.78 is 39.2. The Labute approximate surface area is 250 Å². The molecule has 4 aromatic rings. The molecule has 12 heteroatoms. The Morgan fingerprint density at radius 3 is 2.36 bits per heavy atom. The molecule has 42 heavy (non-hydrogen) atoms. The number of rotatable bonds is 8. The third kappa shape index (κ3) is 5.55. The second kappa shape index (κ2) is 11.5. The number of esters is 1. The molecule has 0 spiro atoms. The smallest absolute Gasteiger partial charge is 0.337 e. The lowest BCUT2D eigenvalue weighted by Crippen LogP contribution is -2.29. The molecule has 0 aliphatic carbocycles. The summed E-state index contributed by atoms with van der Waals surface area (Å²) in [5.41, 5.74) is 6.11. The van der Waals surface area contributed by atoms with Gasteiger partial charge in [-0.15, -0.1) is 0 Å². The fraction of sp³-hybridized carbons (Fsp3) is 0.233. The summed E-state index contributed by atoms with van der Waals surface area (Å²) in [7, 11) is -0.732. The zero-order valence-corrected chi connectivity index (χ0v) is 25.4. The van der Waals surface area contributed by atoms with Gasteiger partial charge in [-0.3, -0.25) is 9.71 Å². The summed E-state index contributed by atoms with van der Waals surface area (Å²) in [5, 5.41) is 3.92. The number of nitrogens with one attached hydrogen (secondary N) is 2. The van der Waals surface area contributed by atoms with Crippen molar-refractivity contribution in [2.24, 2.45) is 0 Å². The average molecular weight is 606 g/mol. The molecule has 1 aliphatic heterocycles. The van der Waals surface area contributed by atoms with Crippen LogP contribution in [0, 0.1) is 13.8 Å². The zero-order chi connectivity index (χ0) is 30.2. The van der Waals surface area contributed by atoms with E-state index in [1.54, 1.807) is 30.5 Å². The average Bonchev–Trinajstić information content (AvgIpc) is 3.46. The van der Waals surface area contributed by atoms with Crippen molar-refractivity contribution in [2.45, 2.75) is 25.9 Å². The van der Waals surface area contributed by atoms with Crippen LogP contribution >= 0.6 is 12.2 Å². The maximum absolute atomic E-state index is 12.1. The van der Waals surface area contributed by atoms with Gasteiger partial charge >= 0.3 is 5.97 Å². The standard InChI is InChI=1S/C30H31N5O5S2/c1-18-16-23(19(2)34(18)21-11-9-20(10-12-21)29(36)40-4)28-27(24-8-6-7-15-31-24)32-30(41)35(28)22-13-14-26(39-3)25(17-22)33-42(5,37)38/h6-17,27-28,33H,1-5H3,(H,32,41). The molecule has 3 heterocycles. The number of ether oxygens (including phenoxy) is 2. The molecule has 1 fully saturated rings. The number of thiocarbonyl (C=S) groups is 1. The maximum Gasteiger partial charge on any atom is 0.337 e. The molecule has 0 bridgehead atoms. The van der Waals surface area contributed by atoms with E-state index in [-0.39, 0.29) is 12.1 Å². The molecule has 2 unspecified atom stereocenters. The van der Waals surface area contributed by atoms with Gasteiger partial charge in [-0.25, -0.2) is 13.2 Å². The summed E-state index contributed by atoms with van der Waals surface area (Å²) in [6.45, 7) is 4.06. The number of sulfonamides is 1. The number of carbonyl (C=O) groups excluding carboxylic acids is 1. The lowest BCUT2D eigenvalue weighted by molar-refractivity contribution is 0.0600. The van der Waals surface area contributed by atoms with Gasteiger partial charge in [0.2, 0.25) is 10.0 Å². The first-order valence-corrected chi connectivity index (χ1v) is 15.4. The van der Waals surface area contributed by atoms with Crippen LogP contribution in [0.3, 0.4) is 0 Å². The van der Waals surface area contributed by atoms with E-state index in [9.17, 15) is 13.2 Å². The minimum atomic E-state index is -3.57. The summed E-state index contributed by atoms with van der Waals surface area (Å²) in [5.74, 6) is -0.0135. The Morgan fingerprint density at radius 2 is 1.74 bits per heavy atom. The molecule has 0 radical (unpaired) electrons. The van der Waals surface area contributed by atoms with Gasteiger partial charge < -0.3 is 24.3 Å². The van der Waals surface area contributed by atoms with Gasteiger partial charge in [-0.05, 0) is 92.3 Å². The summed E-state index contributed by atoms with van der Waals surface area (Å²) in [6.07, 6.45) is 2.83. The minimum absolute atomic E-state index is 0.302. The minimum Gasteiger partial charge on any atom is -0.495 e. The molecule has 10 nitrogen and oxygen atoms in total. The van der Waals surface area contributed by atoms with Crippen molar-refractivity contribution in [3.63, 3.8) is 0 Å². The number of pyridine rings is 1. The molecule has 2 aromatic heterocycles. The largest absolute Gasteiger partial charge is 0.495 e. The van der Waals surface area contributed by atoms with E-state index >= 15 is 0 Å². The number of carbonyl (C=O) groups is 1. The molecule has 5 rings (SSSR count). The number of hydrogen-bond acceptors (Lipinski definition) is 7. The molecular formula is C30H31N5O5S2. The molecule has 218 valence electrons. The zero-order valence-electron chi connectivity index (χ0n) is 23.8. The highest BCUT2D eigenvalue weighted by Gasteiger charge is 2.42. The SMILES string of the molecule is COC(=O)c1ccc(-n2c(C)cc(C3C(c4ccccn4)NC(=S)N3c3ccc(OC)c(NS(C)(=O)=O)c3)c2C)cc1. The first-order chi connectivity index (χ1) is 20.0. The van der Waals surface area contributed by atoms with E-state index in [0.717, 1.165) is 34.6 Å². The molecule has 1 saturated heterocycles. The topological polar surface area (TPSA) is 115 Å². The Morgan fingerprint density at radius 1 is 1.02 bits per heavy atom. The number of benzene rings is 2. The van der Waals surface area contributed by atoms with Crippen LogP contribution in [0.15, 0.2) is 72.9 Å². The second-order valence-corrected chi connectivity index (χ2v) is 12.1. The van der Waals surface area contributed by atoms with E-state index in [4.69, 9.17) is 21.7 Å². The van der Waals surface area contributed by atoms with Crippen LogP contribution in [-0.2, 0) is 14.8 Å². The highest BCUT2D eigenvalue weighted by Crippen LogP contribution is 2.45. The molecular weight excluding hydrogens is 574 g/mol. The predicted octanol–water partition coefficient (Wildman–Crippen LogP) is 4.83. The Bertz CT molecular complexity index is 1750. The molecule has 2 N–H and O–H groups in total. The summed E-state index contributed by atoms with van der Waals surface area (Å²) >= 11 is 5.88. The van der Waals surface area contributed by atoms with Crippen molar-refractivity contribution in [3.05, 3.63) is 101 Å².